The number of piperazine rings is 1. The third-order valence-corrected chi connectivity index (χ3v) is 9.92. The number of carbonyl (C=O) groups is 3. The van der Waals surface area contributed by atoms with Gasteiger partial charge in [-0.05, 0) is 102 Å². The molecule has 14 nitrogen and oxygen atoms in total. The Hall–Kier alpha value is -5.37. The minimum Gasteiger partial charge on any atom is -0.444 e. The highest BCUT2D eigenvalue weighted by molar-refractivity contribution is 5.97. The van der Waals surface area contributed by atoms with Crippen molar-refractivity contribution in [2.45, 2.75) is 71.4 Å². The fourth-order valence-corrected chi connectivity index (χ4v) is 6.83. The molecule has 0 bridgehead atoms. The van der Waals surface area contributed by atoms with Crippen molar-refractivity contribution in [3.8, 4) is 22.5 Å². The van der Waals surface area contributed by atoms with E-state index >= 15 is 0 Å². The molecule has 2 aromatic heterocycles. The largest absolute Gasteiger partial charge is 0.444 e. The van der Waals surface area contributed by atoms with Crippen LogP contribution in [0.2, 0.25) is 0 Å². The summed E-state index contributed by atoms with van der Waals surface area (Å²) in [6, 6.07) is 14.4. The second-order valence-electron chi connectivity index (χ2n) is 15.4. The number of carbonyl (C=O) groups excluding carboxylic acids is 3. The highest BCUT2D eigenvalue weighted by Crippen LogP contribution is 2.29. The van der Waals surface area contributed by atoms with E-state index in [4.69, 9.17) is 4.74 Å². The monoisotopic (exact) mass is 736 g/mol. The number of H-pyrrole nitrogens is 1. The van der Waals surface area contributed by atoms with Crippen molar-refractivity contribution in [2.75, 3.05) is 50.0 Å². The zero-order valence-electron chi connectivity index (χ0n) is 31.9. The van der Waals surface area contributed by atoms with Crippen molar-refractivity contribution in [3.63, 3.8) is 0 Å². The molecule has 14 heteroatoms. The van der Waals surface area contributed by atoms with Crippen LogP contribution in [0.25, 0.3) is 22.5 Å². The van der Waals surface area contributed by atoms with E-state index in [0.717, 1.165) is 67.2 Å². The normalized spacial score (nSPS) is 18.4. The molecule has 4 aromatic rings. The molecule has 1 saturated heterocycles. The van der Waals surface area contributed by atoms with Crippen molar-refractivity contribution in [3.05, 3.63) is 72.3 Å². The van der Waals surface area contributed by atoms with E-state index in [1.54, 1.807) is 12.1 Å². The lowest BCUT2D eigenvalue weighted by molar-refractivity contribution is -0.130. The lowest BCUT2D eigenvalue weighted by Crippen LogP contribution is -2.48. The maximum Gasteiger partial charge on any atom is 0.407 e. The second kappa shape index (κ2) is 17.2. The Labute approximate surface area is 316 Å². The quantitative estimate of drug-likeness (QED) is 0.165. The first-order valence-electron chi connectivity index (χ1n) is 18.8. The maximum atomic E-state index is 13.9. The average Bonchev–Trinajstić information content (AvgIpc) is 3.60. The molecule has 54 heavy (non-hydrogen) atoms. The van der Waals surface area contributed by atoms with Crippen LogP contribution in [-0.2, 0) is 20.7 Å². The summed E-state index contributed by atoms with van der Waals surface area (Å²) in [6.45, 7) is 11.6. The van der Waals surface area contributed by atoms with E-state index in [0.29, 0.717) is 36.7 Å². The Bertz CT molecular complexity index is 1870. The summed E-state index contributed by atoms with van der Waals surface area (Å²) in [5.41, 5.74) is 3.55. The van der Waals surface area contributed by atoms with Gasteiger partial charge in [0.2, 0.25) is 17.8 Å². The molecule has 1 aliphatic heterocycles. The first-order valence-corrected chi connectivity index (χ1v) is 18.8. The Morgan fingerprint density at radius 3 is 2.28 bits per heavy atom. The van der Waals surface area contributed by atoms with Crippen molar-refractivity contribution < 1.29 is 19.1 Å². The number of amides is 3. The number of aromatic nitrogens is 5. The summed E-state index contributed by atoms with van der Waals surface area (Å²) in [5, 5.41) is 16.0. The van der Waals surface area contributed by atoms with E-state index < -0.39 is 17.7 Å². The van der Waals surface area contributed by atoms with Crippen molar-refractivity contribution in [1.82, 2.24) is 40.7 Å². The summed E-state index contributed by atoms with van der Waals surface area (Å²) < 4.78 is 5.37. The number of alkyl carbamates (subject to hydrolysis) is 1. The minimum atomic E-state index is -0.828. The summed E-state index contributed by atoms with van der Waals surface area (Å²) in [6.07, 6.45) is 6.46. The fraction of sp³-hybridized carbons (Fsp3) is 0.475. The topological polar surface area (TPSA) is 170 Å². The minimum absolute atomic E-state index is 0.145. The molecule has 1 atom stereocenters. The van der Waals surface area contributed by atoms with Gasteiger partial charge in [0.1, 0.15) is 17.5 Å². The van der Waals surface area contributed by atoms with Crippen LogP contribution in [0, 0.1) is 18.8 Å². The Morgan fingerprint density at radius 1 is 0.926 bits per heavy atom. The van der Waals surface area contributed by atoms with Gasteiger partial charge in [0.25, 0.3) is 0 Å². The molecular weight excluding hydrogens is 685 g/mol. The van der Waals surface area contributed by atoms with Gasteiger partial charge < -0.3 is 30.5 Å². The highest BCUT2D eigenvalue weighted by Gasteiger charge is 2.30. The molecule has 2 aromatic carbocycles. The van der Waals surface area contributed by atoms with Crippen LogP contribution in [0.3, 0.4) is 0 Å². The van der Waals surface area contributed by atoms with Crippen LogP contribution in [-0.4, -0.2) is 99.4 Å². The highest BCUT2D eigenvalue weighted by atomic mass is 16.6. The first-order chi connectivity index (χ1) is 25.9. The average molecular weight is 737 g/mol. The van der Waals surface area contributed by atoms with Gasteiger partial charge in [0, 0.05) is 74.3 Å². The van der Waals surface area contributed by atoms with Crippen LogP contribution in [0.15, 0.2) is 60.9 Å². The van der Waals surface area contributed by atoms with E-state index in [2.05, 4.69) is 57.9 Å². The zero-order chi connectivity index (χ0) is 38.2. The third-order valence-electron chi connectivity index (χ3n) is 9.92. The maximum absolute atomic E-state index is 13.9. The van der Waals surface area contributed by atoms with E-state index in [1.165, 1.54) is 0 Å². The fourth-order valence-electron chi connectivity index (χ4n) is 6.83. The molecule has 0 unspecified atom stereocenters. The number of ether oxygens (including phenoxy) is 1. The molecule has 2 aliphatic rings. The van der Waals surface area contributed by atoms with Gasteiger partial charge in [-0.2, -0.15) is 5.10 Å². The summed E-state index contributed by atoms with van der Waals surface area (Å²) >= 11 is 0. The molecule has 2 fully saturated rings. The van der Waals surface area contributed by atoms with Gasteiger partial charge in [0.15, 0.2) is 5.82 Å². The van der Waals surface area contributed by atoms with E-state index in [1.807, 2.05) is 76.5 Å². The molecule has 3 amide bonds. The van der Waals surface area contributed by atoms with Crippen LogP contribution in [0.4, 0.5) is 16.4 Å². The number of aryl methyl sites for hydroxylation is 1. The van der Waals surface area contributed by atoms with E-state index in [-0.39, 0.29) is 30.1 Å². The molecule has 3 heterocycles. The van der Waals surface area contributed by atoms with Crippen molar-refractivity contribution in [2.24, 2.45) is 11.8 Å². The standard InChI is InChI=1S/C40H52N10O4/c1-26-44-35(48-47-26)29-13-15-33(16-14-29)45-37(52)34(46-36(51)30-11-9-27(10-12-30)23-43-39(53)54-40(2,3)4)22-28-7-6-8-31(21-28)32-24-41-38(42-25-32)50-19-17-49(5)18-20-50/h6-8,13-16,21,24-25,27,30,34H,9-12,17-20,22-23H2,1-5H3,(H,43,53)(H,45,52)(H,46,51)(H,44,47,48)/t27?,30?,34-/m0/s1. The van der Waals surface area contributed by atoms with Gasteiger partial charge in [-0.3, -0.25) is 14.7 Å². The van der Waals surface area contributed by atoms with Gasteiger partial charge >= 0.3 is 6.09 Å². The number of nitrogens with zero attached hydrogens (tertiary/aromatic N) is 6. The van der Waals surface area contributed by atoms with Gasteiger partial charge in [-0.1, -0.05) is 24.3 Å². The second-order valence-corrected chi connectivity index (χ2v) is 15.4. The predicted molar refractivity (Wildman–Crippen MR) is 208 cm³/mol. The smallest absolute Gasteiger partial charge is 0.407 e. The van der Waals surface area contributed by atoms with Crippen LogP contribution in [0.1, 0.15) is 57.8 Å². The molecule has 1 saturated carbocycles. The molecule has 0 radical (unpaired) electrons. The predicted octanol–water partition coefficient (Wildman–Crippen LogP) is 4.99. The van der Waals surface area contributed by atoms with Crippen LogP contribution >= 0.6 is 0 Å². The Morgan fingerprint density at radius 2 is 1.63 bits per heavy atom. The van der Waals surface area contributed by atoms with Crippen molar-refractivity contribution >= 4 is 29.5 Å². The van der Waals surface area contributed by atoms with Crippen LogP contribution < -0.4 is 20.9 Å². The molecule has 1 aliphatic carbocycles. The summed E-state index contributed by atoms with van der Waals surface area (Å²) in [7, 11) is 2.12. The van der Waals surface area contributed by atoms with Gasteiger partial charge in [-0.25, -0.2) is 19.7 Å². The number of benzene rings is 2. The molecule has 4 N–H and O–H groups in total. The number of hydrogen-bond donors (Lipinski definition) is 4. The Kier molecular flexibility index (Phi) is 12.2. The first kappa shape index (κ1) is 38.4. The summed E-state index contributed by atoms with van der Waals surface area (Å²) in [4.78, 5) is 58.0. The van der Waals surface area contributed by atoms with Gasteiger partial charge in [0.05, 0.1) is 0 Å². The Balaban J connectivity index is 1.12. The van der Waals surface area contributed by atoms with Crippen LogP contribution in [0.5, 0.6) is 0 Å². The number of rotatable bonds is 11. The van der Waals surface area contributed by atoms with E-state index in [9.17, 15) is 14.4 Å². The number of aromatic amines is 1. The third kappa shape index (κ3) is 10.6. The molecule has 6 rings (SSSR count). The number of nitrogens with one attached hydrogen (secondary N) is 4. The SMILES string of the molecule is Cc1nc(-c2ccc(NC(=O)[C@H](Cc3cccc(-c4cnc(N5CCN(C)CC5)nc4)c3)NC(=O)C3CCC(CNC(=O)OC(C)(C)C)CC3)cc2)n[nH]1. The van der Waals surface area contributed by atoms with Crippen molar-refractivity contribution in [1.29, 1.82) is 0 Å². The number of anilines is 2. The zero-order valence-corrected chi connectivity index (χ0v) is 31.9. The van der Waals surface area contributed by atoms with Gasteiger partial charge in [-0.15, -0.1) is 0 Å². The molecule has 286 valence electrons. The lowest BCUT2D eigenvalue weighted by Gasteiger charge is -2.32. The lowest BCUT2D eigenvalue weighted by atomic mass is 9.81. The number of hydrogen-bond acceptors (Lipinski definition) is 10. The molecular formula is C40H52N10O4. The summed E-state index contributed by atoms with van der Waals surface area (Å²) in [5.74, 6) is 1.57. The molecule has 0 spiro atoms. The number of likely N-dealkylation sites (N-methyl/N-ethyl adjacent to an activating group) is 1.